The van der Waals surface area contributed by atoms with Crippen LogP contribution < -0.4 is 0 Å². The molecule has 1 aliphatic rings. The Bertz CT molecular complexity index is 687. The summed E-state index contributed by atoms with van der Waals surface area (Å²) in [6.45, 7) is 9.92. The molecule has 1 aromatic rings. The van der Waals surface area contributed by atoms with Crippen LogP contribution in [-0.4, -0.2) is 22.5 Å². The summed E-state index contributed by atoms with van der Waals surface area (Å²) in [6.07, 6.45) is 11.7. The van der Waals surface area contributed by atoms with E-state index in [0.717, 1.165) is 42.5 Å². The standard InChI is InChI=1S/C22H28N2O/c1-5-8-16-20-21(18-14-10-9-11-15-18)23-24(22(20,4)17-25)19(12-6-2)13-7-3/h6-7,9-15,17,20H,2,5,8,16H2,1,3-4H3/b13-7-,19-12+. The Morgan fingerprint density at radius 1 is 1.36 bits per heavy atom. The maximum Gasteiger partial charge on any atom is 0.148 e. The van der Waals surface area contributed by atoms with Crippen LogP contribution in [0, 0.1) is 5.92 Å². The molecule has 3 nitrogen and oxygen atoms in total. The fourth-order valence-electron chi connectivity index (χ4n) is 3.37. The Morgan fingerprint density at radius 2 is 2.08 bits per heavy atom. The van der Waals surface area contributed by atoms with Crippen molar-refractivity contribution in [2.24, 2.45) is 11.0 Å². The summed E-state index contributed by atoms with van der Waals surface area (Å²) < 4.78 is 0. The van der Waals surface area contributed by atoms with Crippen molar-refractivity contribution in [3.05, 3.63) is 72.5 Å². The molecule has 1 aliphatic heterocycles. The monoisotopic (exact) mass is 336 g/mol. The van der Waals surface area contributed by atoms with Crippen LogP contribution in [0.2, 0.25) is 0 Å². The van der Waals surface area contributed by atoms with Gasteiger partial charge in [-0.1, -0.05) is 68.8 Å². The Hall–Kier alpha value is -2.42. The first-order valence-corrected chi connectivity index (χ1v) is 8.98. The van der Waals surface area contributed by atoms with Gasteiger partial charge in [0.15, 0.2) is 0 Å². The van der Waals surface area contributed by atoms with Crippen LogP contribution in [0.5, 0.6) is 0 Å². The van der Waals surface area contributed by atoms with E-state index in [-0.39, 0.29) is 5.92 Å². The van der Waals surface area contributed by atoms with E-state index in [1.165, 1.54) is 0 Å². The number of rotatable bonds is 8. The highest BCUT2D eigenvalue weighted by atomic mass is 16.1. The van der Waals surface area contributed by atoms with Crippen LogP contribution in [0.1, 0.15) is 45.6 Å². The Labute approximate surface area is 151 Å². The molecule has 0 radical (unpaired) electrons. The van der Waals surface area contributed by atoms with E-state index in [4.69, 9.17) is 5.10 Å². The molecule has 0 amide bonds. The molecule has 2 atom stereocenters. The molecule has 132 valence electrons. The van der Waals surface area contributed by atoms with Crippen molar-refractivity contribution in [3.63, 3.8) is 0 Å². The van der Waals surface area contributed by atoms with Crippen molar-refractivity contribution in [3.8, 4) is 0 Å². The maximum atomic E-state index is 12.2. The number of unbranched alkanes of at least 4 members (excludes halogenated alkanes) is 1. The lowest BCUT2D eigenvalue weighted by Gasteiger charge is -2.34. The van der Waals surface area contributed by atoms with Crippen LogP contribution in [0.4, 0.5) is 0 Å². The predicted octanol–water partition coefficient (Wildman–Crippen LogP) is 5.12. The first-order valence-electron chi connectivity index (χ1n) is 8.98. The van der Waals surface area contributed by atoms with Gasteiger partial charge in [0.1, 0.15) is 11.8 Å². The van der Waals surface area contributed by atoms with Gasteiger partial charge in [-0.3, -0.25) is 5.01 Å². The van der Waals surface area contributed by atoms with Gasteiger partial charge in [-0.2, -0.15) is 5.10 Å². The van der Waals surface area contributed by atoms with E-state index in [0.29, 0.717) is 0 Å². The van der Waals surface area contributed by atoms with Crippen LogP contribution in [-0.2, 0) is 4.79 Å². The van der Waals surface area contributed by atoms with Gasteiger partial charge >= 0.3 is 0 Å². The quantitative estimate of drug-likeness (QED) is 0.488. The number of benzene rings is 1. The van der Waals surface area contributed by atoms with Crippen molar-refractivity contribution in [1.82, 2.24) is 5.01 Å². The van der Waals surface area contributed by atoms with Gasteiger partial charge in [0.2, 0.25) is 0 Å². The molecule has 0 spiro atoms. The van der Waals surface area contributed by atoms with E-state index < -0.39 is 5.54 Å². The third-order valence-corrected chi connectivity index (χ3v) is 4.72. The largest absolute Gasteiger partial charge is 0.301 e. The normalized spacial score (nSPS) is 23.8. The summed E-state index contributed by atoms with van der Waals surface area (Å²) in [5.74, 6) is 0.0609. The van der Waals surface area contributed by atoms with Crippen LogP contribution in [0.15, 0.2) is 72.0 Å². The Morgan fingerprint density at radius 3 is 2.64 bits per heavy atom. The summed E-state index contributed by atoms with van der Waals surface area (Å²) in [5, 5.41) is 6.77. The molecular weight excluding hydrogens is 308 g/mol. The first-order chi connectivity index (χ1) is 12.1. The van der Waals surface area contributed by atoms with E-state index >= 15 is 0 Å². The number of nitrogens with zero attached hydrogens (tertiary/aromatic N) is 2. The molecule has 25 heavy (non-hydrogen) atoms. The van der Waals surface area contributed by atoms with E-state index in [1.807, 2.05) is 55.3 Å². The lowest BCUT2D eigenvalue weighted by molar-refractivity contribution is -0.117. The summed E-state index contributed by atoms with van der Waals surface area (Å²) in [6, 6.07) is 10.2. The molecule has 2 unspecified atom stereocenters. The Kier molecular flexibility index (Phi) is 6.51. The van der Waals surface area contributed by atoms with Crippen LogP contribution >= 0.6 is 0 Å². The number of hydrogen-bond acceptors (Lipinski definition) is 3. The van der Waals surface area contributed by atoms with Crippen molar-refractivity contribution in [2.75, 3.05) is 0 Å². The number of carbonyl (C=O) groups is 1. The minimum Gasteiger partial charge on any atom is -0.301 e. The number of aldehydes is 1. The fraction of sp³-hybridized carbons (Fsp3) is 0.364. The van der Waals surface area contributed by atoms with Crippen molar-refractivity contribution in [2.45, 2.75) is 45.6 Å². The highest BCUT2D eigenvalue weighted by Gasteiger charge is 2.48. The Balaban J connectivity index is 2.57. The summed E-state index contributed by atoms with van der Waals surface area (Å²) >= 11 is 0. The van der Waals surface area contributed by atoms with Crippen molar-refractivity contribution >= 4 is 12.0 Å². The lowest BCUT2D eigenvalue weighted by Crippen LogP contribution is -2.47. The lowest BCUT2D eigenvalue weighted by atomic mass is 9.78. The topological polar surface area (TPSA) is 32.7 Å². The van der Waals surface area contributed by atoms with Crippen LogP contribution in [0.3, 0.4) is 0 Å². The number of carbonyl (C=O) groups excluding carboxylic acids is 1. The average Bonchev–Trinajstić information content (AvgIpc) is 2.93. The zero-order valence-electron chi connectivity index (χ0n) is 15.5. The second-order valence-electron chi connectivity index (χ2n) is 6.53. The highest BCUT2D eigenvalue weighted by molar-refractivity contribution is 6.06. The number of hydrazone groups is 1. The molecule has 1 heterocycles. The molecule has 0 bridgehead atoms. The molecule has 2 rings (SSSR count). The van der Waals surface area contributed by atoms with Gasteiger partial charge < -0.3 is 4.79 Å². The van der Waals surface area contributed by atoms with E-state index in [2.05, 4.69) is 25.6 Å². The molecule has 0 aliphatic carbocycles. The summed E-state index contributed by atoms with van der Waals surface area (Å²) in [7, 11) is 0. The van der Waals surface area contributed by atoms with Crippen LogP contribution in [0.25, 0.3) is 0 Å². The van der Waals surface area contributed by atoms with E-state index in [9.17, 15) is 4.79 Å². The average molecular weight is 336 g/mol. The third-order valence-electron chi connectivity index (χ3n) is 4.72. The zero-order chi connectivity index (χ0) is 18.3. The second-order valence-corrected chi connectivity index (χ2v) is 6.53. The predicted molar refractivity (Wildman–Crippen MR) is 105 cm³/mol. The molecule has 0 saturated carbocycles. The molecule has 1 aromatic carbocycles. The molecular formula is C22H28N2O. The van der Waals surface area contributed by atoms with Gasteiger partial charge in [0, 0.05) is 5.92 Å². The smallest absolute Gasteiger partial charge is 0.148 e. The molecule has 0 saturated heterocycles. The summed E-state index contributed by atoms with van der Waals surface area (Å²) in [5.41, 5.74) is 2.24. The second kappa shape index (κ2) is 8.61. The molecule has 0 N–H and O–H groups in total. The van der Waals surface area contributed by atoms with Gasteiger partial charge in [0.25, 0.3) is 0 Å². The first kappa shape index (κ1) is 18.9. The van der Waals surface area contributed by atoms with Gasteiger partial charge in [0.05, 0.1) is 11.4 Å². The minimum absolute atomic E-state index is 0.0609. The van der Waals surface area contributed by atoms with E-state index in [1.54, 1.807) is 6.08 Å². The van der Waals surface area contributed by atoms with Gasteiger partial charge in [-0.25, -0.2) is 0 Å². The zero-order valence-corrected chi connectivity index (χ0v) is 15.5. The third kappa shape index (κ3) is 3.81. The van der Waals surface area contributed by atoms with Crippen molar-refractivity contribution < 1.29 is 4.79 Å². The summed E-state index contributed by atoms with van der Waals surface area (Å²) in [4.78, 5) is 12.2. The maximum absolute atomic E-state index is 12.2. The molecule has 0 fully saturated rings. The SMILES string of the molecule is C=C/C=C(\C=C/C)N1N=C(c2ccccc2)C(CCCC)C1(C)C=O. The van der Waals surface area contributed by atoms with Crippen molar-refractivity contribution in [1.29, 1.82) is 0 Å². The van der Waals surface area contributed by atoms with Gasteiger partial charge in [-0.15, -0.1) is 0 Å². The minimum atomic E-state index is -0.700. The molecule has 3 heteroatoms. The molecule has 0 aromatic heterocycles. The number of hydrogen-bond donors (Lipinski definition) is 0. The fourth-order valence-corrected chi connectivity index (χ4v) is 3.37. The van der Waals surface area contributed by atoms with Gasteiger partial charge in [-0.05, 0) is 38.0 Å². The highest BCUT2D eigenvalue weighted by Crippen LogP contribution is 2.39. The number of allylic oxidation sites excluding steroid dienone is 4.